The number of para-hydroxylation sites is 1. The van der Waals surface area contributed by atoms with E-state index in [1.54, 1.807) is 74.7 Å². The van der Waals surface area contributed by atoms with Gasteiger partial charge in [-0.25, -0.2) is 8.42 Å². The molecule has 40 heavy (non-hydrogen) atoms. The lowest BCUT2D eigenvalue weighted by Gasteiger charge is -2.32. The SMILES string of the molecule is CCCCNC(=O)C(C)N(Cc1cccc(OC)c1)C(=O)CN(c1ccccc1)S(=O)(=O)c1ccc(OC)cc1. The first kappa shape index (κ1) is 30.5. The lowest BCUT2D eigenvalue weighted by atomic mass is 10.1. The molecule has 0 saturated carbocycles. The highest BCUT2D eigenvalue weighted by molar-refractivity contribution is 7.92. The van der Waals surface area contributed by atoms with Crippen LogP contribution < -0.4 is 19.1 Å². The molecule has 9 nitrogen and oxygen atoms in total. The van der Waals surface area contributed by atoms with Crippen molar-refractivity contribution in [2.24, 2.45) is 0 Å². The van der Waals surface area contributed by atoms with Crippen molar-refractivity contribution in [3.63, 3.8) is 0 Å². The van der Waals surface area contributed by atoms with Crippen molar-refractivity contribution >= 4 is 27.5 Å². The van der Waals surface area contributed by atoms with Crippen molar-refractivity contribution in [1.82, 2.24) is 10.2 Å². The van der Waals surface area contributed by atoms with Gasteiger partial charge in [-0.1, -0.05) is 43.7 Å². The number of amides is 2. The van der Waals surface area contributed by atoms with Gasteiger partial charge in [0.2, 0.25) is 11.8 Å². The van der Waals surface area contributed by atoms with Crippen molar-refractivity contribution in [3.8, 4) is 11.5 Å². The number of anilines is 1. The van der Waals surface area contributed by atoms with E-state index in [4.69, 9.17) is 9.47 Å². The third-order valence-electron chi connectivity index (χ3n) is 6.45. The van der Waals surface area contributed by atoms with Crippen LogP contribution in [0.5, 0.6) is 11.5 Å². The zero-order chi connectivity index (χ0) is 29.1. The minimum absolute atomic E-state index is 0.00894. The molecule has 0 saturated heterocycles. The summed E-state index contributed by atoms with van der Waals surface area (Å²) >= 11 is 0. The maximum absolute atomic E-state index is 13.9. The lowest BCUT2D eigenvalue weighted by molar-refractivity contribution is -0.139. The molecule has 3 aromatic rings. The van der Waals surface area contributed by atoms with Gasteiger partial charge in [-0.2, -0.15) is 0 Å². The molecule has 3 aromatic carbocycles. The zero-order valence-corrected chi connectivity index (χ0v) is 24.2. The van der Waals surface area contributed by atoms with E-state index in [0.717, 1.165) is 22.7 Å². The molecule has 214 valence electrons. The molecule has 1 unspecified atom stereocenters. The molecular weight excluding hydrogens is 530 g/mol. The average molecular weight is 568 g/mol. The van der Waals surface area contributed by atoms with Crippen LogP contribution in [0.25, 0.3) is 0 Å². The molecule has 10 heteroatoms. The van der Waals surface area contributed by atoms with Crippen molar-refractivity contribution < 1.29 is 27.5 Å². The van der Waals surface area contributed by atoms with E-state index in [9.17, 15) is 18.0 Å². The van der Waals surface area contributed by atoms with E-state index in [-0.39, 0.29) is 17.3 Å². The molecule has 0 bridgehead atoms. The highest BCUT2D eigenvalue weighted by Crippen LogP contribution is 2.26. The number of sulfonamides is 1. The Kier molecular flexibility index (Phi) is 11.0. The number of hydrogen-bond donors (Lipinski definition) is 1. The molecule has 2 amide bonds. The van der Waals surface area contributed by atoms with Crippen LogP contribution in [0, 0.1) is 0 Å². The average Bonchev–Trinajstić information content (AvgIpc) is 2.98. The molecule has 0 radical (unpaired) electrons. The van der Waals surface area contributed by atoms with Crippen molar-refractivity contribution in [2.45, 2.75) is 44.2 Å². The molecule has 0 aliphatic heterocycles. The van der Waals surface area contributed by atoms with Gasteiger partial charge in [0, 0.05) is 13.1 Å². The lowest BCUT2D eigenvalue weighted by Crippen LogP contribution is -2.51. The number of carbonyl (C=O) groups excluding carboxylic acids is 2. The van der Waals surface area contributed by atoms with Crippen LogP contribution in [0.4, 0.5) is 5.69 Å². The van der Waals surface area contributed by atoms with Crippen LogP contribution in [0.1, 0.15) is 32.3 Å². The van der Waals surface area contributed by atoms with E-state index < -0.39 is 28.5 Å². The van der Waals surface area contributed by atoms with Gasteiger partial charge in [-0.15, -0.1) is 0 Å². The molecule has 0 spiro atoms. The first-order chi connectivity index (χ1) is 19.2. The first-order valence-electron chi connectivity index (χ1n) is 13.1. The zero-order valence-electron chi connectivity index (χ0n) is 23.4. The van der Waals surface area contributed by atoms with Crippen LogP contribution in [0.3, 0.4) is 0 Å². The Balaban J connectivity index is 1.98. The second-order valence-electron chi connectivity index (χ2n) is 9.22. The minimum atomic E-state index is -4.15. The Morgan fingerprint density at radius 3 is 2.20 bits per heavy atom. The van der Waals surface area contributed by atoms with Gasteiger partial charge < -0.3 is 19.7 Å². The van der Waals surface area contributed by atoms with Gasteiger partial charge in [0.25, 0.3) is 10.0 Å². The smallest absolute Gasteiger partial charge is 0.264 e. The molecule has 1 N–H and O–H groups in total. The summed E-state index contributed by atoms with van der Waals surface area (Å²) in [6.45, 7) is 3.74. The van der Waals surface area contributed by atoms with Gasteiger partial charge in [0.1, 0.15) is 24.1 Å². The Labute approximate surface area is 236 Å². The number of unbranched alkanes of at least 4 members (excludes halogenated alkanes) is 1. The summed E-state index contributed by atoms with van der Waals surface area (Å²) in [5.74, 6) is 0.280. The quantitative estimate of drug-likeness (QED) is 0.292. The van der Waals surface area contributed by atoms with Crippen molar-refractivity contribution in [3.05, 3.63) is 84.4 Å². The fraction of sp³-hybridized carbons (Fsp3) is 0.333. The minimum Gasteiger partial charge on any atom is -0.497 e. The van der Waals surface area contributed by atoms with E-state index in [0.29, 0.717) is 23.7 Å². The van der Waals surface area contributed by atoms with Crippen LogP contribution in [0.2, 0.25) is 0 Å². The Bertz CT molecular complexity index is 1360. The summed E-state index contributed by atoms with van der Waals surface area (Å²) in [6, 6.07) is 20.7. The predicted molar refractivity (Wildman–Crippen MR) is 155 cm³/mol. The van der Waals surface area contributed by atoms with Gasteiger partial charge in [0.05, 0.1) is 24.8 Å². The van der Waals surface area contributed by atoms with E-state index >= 15 is 0 Å². The topological polar surface area (TPSA) is 105 Å². The predicted octanol–water partition coefficient (Wildman–Crippen LogP) is 4.23. The van der Waals surface area contributed by atoms with E-state index in [1.807, 2.05) is 13.0 Å². The van der Waals surface area contributed by atoms with Gasteiger partial charge in [-0.05, 0) is 67.4 Å². The monoisotopic (exact) mass is 567 g/mol. The number of nitrogens with zero attached hydrogens (tertiary/aromatic N) is 2. The Morgan fingerprint density at radius 2 is 1.57 bits per heavy atom. The standard InChI is InChI=1S/C30H37N3O6S/c1-5-6-19-31-30(35)23(2)32(21-24-11-10-14-27(20-24)39-4)29(34)22-33(25-12-8-7-9-13-25)40(36,37)28-17-15-26(38-3)16-18-28/h7-18,20,23H,5-6,19,21-22H2,1-4H3,(H,31,35). The molecule has 1 atom stereocenters. The highest BCUT2D eigenvalue weighted by atomic mass is 32.2. The van der Waals surface area contributed by atoms with E-state index in [1.165, 1.54) is 24.1 Å². The van der Waals surface area contributed by atoms with Crippen molar-refractivity contribution in [1.29, 1.82) is 0 Å². The number of nitrogens with one attached hydrogen (secondary N) is 1. The molecular formula is C30H37N3O6S. The van der Waals surface area contributed by atoms with Crippen LogP contribution in [-0.4, -0.2) is 58.5 Å². The second kappa shape index (κ2) is 14.4. The van der Waals surface area contributed by atoms with Gasteiger partial charge in [-0.3, -0.25) is 13.9 Å². The summed E-state index contributed by atoms with van der Waals surface area (Å²) < 4.78 is 39.2. The van der Waals surface area contributed by atoms with Gasteiger partial charge >= 0.3 is 0 Å². The fourth-order valence-corrected chi connectivity index (χ4v) is 5.50. The summed E-state index contributed by atoms with van der Waals surface area (Å²) in [5.41, 5.74) is 1.07. The van der Waals surface area contributed by atoms with Crippen LogP contribution in [0.15, 0.2) is 83.8 Å². The third-order valence-corrected chi connectivity index (χ3v) is 8.24. The number of methoxy groups -OCH3 is 2. The third kappa shape index (κ3) is 7.75. The number of carbonyl (C=O) groups is 2. The second-order valence-corrected chi connectivity index (χ2v) is 11.1. The summed E-state index contributed by atoms with van der Waals surface area (Å²) in [7, 11) is -1.10. The number of rotatable bonds is 14. The largest absolute Gasteiger partial charge is 0.497 e. The first-order valence-corrected chi connectivity index (χ1v) is 14.6. The van der Waals surface area contributed by atoms with Gasteiger partial charge in [0.15, 0.2) is 0 Å². The van der Waals surface area contributed by atoms with Crippen LogP contribution >= 0.6 is 0 Å². The number of benzene rings is 3. The fourth-order valence-electron chi connectivity index (χ4n) is 4.08. The van der Waals surface area contributed by atoms with Crippen LogP contribution in [-0.2, 0) is 26.2 Å². The maximum Gasteiger partial charge on any atom is 0.264 e. The molecule has 0 heterocycles. The van der Waals surface area contributed by atoms with E-state index in [2.05, 4.69) is 5.32 Å². The normalized spacial score (nSPS) is 11.8. The highest BCUT2D eigenvalue weighted by Gasteiger charge is 2.32. The number of ether oxygens (including phenoxy) is 2. The molecule has 0 aromatic heterocycles. The summed E-state index contributed by atoms with van der Waals surface area (Å²) in [4.78, 5) is 28.4. The molecule has 3 rings (SSSR count). The molecule has 0 aliphatic carbocycles. The molecule has 0 aliphatic rings. The number of hydrogen-bond acceptors (Lipinski definition) is 6. The summed E-state index contributed by atoms with van der Waals surface area (Å²) in [5, 5.41) is 2.88. The Hall–Kier alpha value is -4.05. The Morgan fingerprint density at radius 1 is 0.900 bits per heavy atom. The molecule has 0 fully saturated rings. The summed E-state index contributed by atoms with van der Waals surface area (Å²) in [6.07, 6.45) is 1.72. The maximum atomic E-state index is 13.9. The van der Waals surface area contributed by atoms with Crippen molar-refractivity contribution in [2.75, 3.05) is 31.6 Å².